The monoisotopic (exact) mass is 657 g/mol. The molecule has 7 rings (SSSR count). The molecule has 3 aliphatic heterocycles. The Morgan fingerprint density at radius 1 is 1.17 bits per heavy atom. The van der Waals surface area contributed by atoms with E-state index in [0.717, 1.165) is 26.0 Å². The van der Waals surface area contributed by atoms with Gasteiger partial charge in [0, 0.05) is 30.3 Å². The highest BCUT2D eigenvalue weighted by atomic mass is 19.4. The van der Waals surface area contributed by atoms with Crippen molar-refractivity contribution in [2.45, 2.75) is 57.0 Å². The smallest absolute Gasteiger partial charge is 0.418 e. The van der Waals surface area contributed by atoms with Crippen molar-refractivity contribution >= 4 is 28.4 Å². The summed E-state index contributed by atoms with van der Waals surface area (Å²) in [6.07, 6.45) is -2.49. The summed E-state index contributed by atoms with van der Waals surface area (Å²) < 4.78 is 86.3. The van der Waals surface area contributed by atoms with Crippen molar-refractivity contribution in [3.63, 3.8) is 0 Å². The molecule has 0 aliphatic carbocycles. The van der Waals surface area contributed by atoms with Crippen molar-refractivity contribution in [3.05, 3.63) is 47.0 Å². The molecule has 16 heteroatoms. The molecule has 0 bridgehead atoms. The van der Waals surface area contributed by atoms with Gasteiger partial charge in [-0.3, -0.25) is 4.90 Å². The minimum Gasteiger partial charge on any atom is -0.475 e. The Bertz CT molecular complexity index is 1880. The van der Waals surface area contributed by atoms with Crippen LogP contribution in [0.4, 0.5) is 39.4 Å². The van der Waals surface area contributed by atoms with Gasteiger partial charge in [0.05, 0.1) is 29.4 Å². The molecule has 2 fully saturated rings. The second-order valence-corrected chi connectivity index (χ2v) is 12.2. The Balaban J connectivity index is 1.43. The SMILES string of the molecule is Cc1nc(N)cc(-c2nc3c4c(nc(OC[C@@]56CCCN5C[C@H](F)C6)nc4c2F)N([C@@H](C)c2cccnc2N)CCO3)c1C(F)(F)F. The molecule has 3 aliphatic rings. The number of rotatable bonds is 6. The predicted octanol–water partition coefficient (Wildman–Crippen LogP) is 5.03. The highest BCUT2D eigenvalue weighted by Crippen LogP contribution is 2.46. The molecule has 11 nitrogen and oxygen atoms in total. The zero-order valence-corrected chi connectivity index (χ0v) is 25.6. The fourth-order valence-corrected chi connectivity index (χ4v) is 7.22. The Morgan fingerprint density at radius 2 is 1.98 bits per heavy atom. The maximum Gasteiger partial charge on any atom is 0.418 e. The third-order valence-electron chi connectivity index (χ3n) is 9.33. The van der Waals surface area contributed by atoms with Gasteiger partial charge >= 0.3 is 12.2 Å². The lowest BCUT2D eigenvalue weighted by Crippen LogP contribution is -2.43. The van der Waals surface area contributed by atoms with Gasteiger partial charge in [-0.05, 0) is 45.4 Å². The van der Waals surface area contributed by atoms with Crippen molar-refractivity contribution in [2.75, 3.05) is 49.2 Å². The Kier molecular flexibility index (Phi) is 7.44. The number of hydrogen-bond acceptors (Lipinski definition) is 11. The first-order chi connectivity index (χ1) is 22.4. The van der Waals surface area contributed by atoms with Crippen LogP contribution in [0.1, 0.15) is 49.0 Å². The van der Waals surface area contributed by atoms with Crippen LogP contribution >= 0.6 is 0 Å². The molecule has 0 saturated carbocycles. The molecule has 0 unspecified atom stereocenters. The maximum atomic E-state index is 16.7. The molecule has 4 aromatic heterocycles. The summed E-state index contributed by atoms with van der Waals surface area (Å²) in [5.41, 5.74) is 8.88. The average Bonchev–Trinajstić information content (AvgIpc) is 3.46. The first-order valence-corrected chi connectivity index (χ1v) is 15.2. The summed E-state index contributed by atoms with van der Waals surface area (Å²) in [6, 6.07) is 3.77. The van der Waals surface area contributed by atoms with Gasteiger partial charge in [0.25, 0.3) is 0 Å². The summed E-state index contributed by atoms with van der Waals surface area (Å²) in [5.74, 6) is -1.10. The first-order valence-electron chi connectivity index (χ1n) is 15.2. The van der Waals surface area contributed by atoms with E-state index >= 15 is 4.39 Å². The number of alkyl halides is 4. The number of aryl methyl sites for hydroxylation is 1. The van der Waals surface area contributed by atoms with Gasteiger partial charge in [0.2, 0.25) is 5.88 Å². The van der Waals surface area contributed by atoms with Crippen LogP contribution in [-0.2, 0) is 6.18 Å². The summed E-state index contributed by atoms with van der Waals surface area (Å²) >= 11 is 0. The minimum absolute atomic E-state index is 0.0177. The molecule has 4 aromatic rings. The van der Waals surface area contributed by atoms with E-state index in [1.165, 1.54) is 0 Å². The van der Waals surface area contributed by atoms with Crippen molar-refractivity contribution in [3.8, 4) is 23.1 Å². The molecule has 0 amide bonds. The average molecular weight is 658 g/mol. The van der Waals surface area contributed by atoms with E-state index in [4.69, 9.17) is 25.9 Å². The molecule has 47 heavy (non-hydrogen) atoms. The summed E-state index contributed by atoms with van der Waals surface area (Å²) in [6.45, 7) is 4.30. The quantitative estimate of drug-likeness (QED) is 0.270. The molecule has 0 spiro atoms. The van der Waals surface area contributed by atoms with Crippen LogP contribution in [-0.4, -0.2) is 74.4 Å². The molecule has 0 aromatic carbocycles. The summed E-state index contributed by atoms with van der Waals surface area (Å²) in [5, 5.41) is 0.0445. The zero-order valence-electron chi connectivity index (χ0n) is 25.6. The van der Waals surface area contributed by atoms with E-state index in [1.54, 1.807) is 18.3 Å². The van der Waals surface area contributed by atoms with E-state index in [-0.39, 0.29) is 66.4 Å². The van der Waals surface area contributed by atoms with Gasteiger partial charge in [-0.25, -0.2) is 23.7 Å². The van der Waals surface area contributed by atoms with E-state index in [1.807, 2.05) is 11.8 Å². The van der Waals surface area contributed by atoms with Crippen LogP contribution in [0.15, 0.2) is 24.4 Å². The molecule has 7 heterocycles. The Labute approximate surface area is 266 Å². The van der Waals surface area contributed by atoms with Crippen molar-refractivity contribution in [1.82, 2.24) is 29.8 Å². The third kappa shape index (κ3) is 5.27. The molecular formula is C31H32F5N9O2. The van der Waals surface area contributed by atoms with Gasteiger partial charge in [-0.1, -0.05) is 6.07 Å². The molecular weight excluding hydrogens is 625 g/mol. The number of halogens is 5. The lowest BCUT2D eigenvalue weighted by atomic mass is 9.95. The standard InChI is InChI=1S/C31H32F5N9O2/c1-15-22(31(34,35)36)19(11-20(37)40-15)24-23(33)25-21-27(43-29(42-25)47-14-30-6-4-8-44(30)13-17(32)12-30)45(9-10-46-28(21)41-24)16(2)18-5-3-7-39-26(18)38/h3,5,7,11,16-17H,4,6,8-10,12-14H2,1-2H3,(H2,37,40)(H2,38,39)/t16-,17+,30-/m0/s1. The van der Waals surface area contributed by atoms with Gasteiger partial charge in [-0.15, -0.1) is 0 Å². The van der Waals surface area contributed by atoms with E-state index in [0.29, 0.717) is 18.5 Å². The van der Waals surface area contributed by atoms with Crippen molar-refractivity contribution < 1.29 is 31.4 Å². The van der Waals surface area contributed by atoms with Gasteiger partial charge in [0.1, 0.15) is 53.4 Å². The first kappa shape index (κ1) is 31.0. The zero-order chi connectivity index (χ0) is 33.2. The van der Waals surface area contributed by atoms with E-state index < -0.39 is 52.3 Å². The molecule has 4 N–H and O–H groups in total. The fourth-order valence-electron chi connectivity index (χ4n) is 7.22. The van der Waals surface area contributed by atoms with Crippen molar-refractivity contribution in [1.29, 1.82) is 0 Å². The highest BCUT2D eigenvalue weighted by molar-refractivity contribution is 5.97. The maximum absolute atomic E-state index is 16.7. The number of pyridine rings is 3. The van der Waals surface area contributed by atoms with Crippen LogP contribution in [0.25, 0.3) is 22.2 Å². The second kappa shape index (κ2) is 11.3. The second-order valence-electron chi connectivity index (χ2n) is 12.2. The van der Waals surface area contributed by atoms with Gasteiger partial charge in [0.15, 0.2) is 5.82 Å². The Morgan fingerprint density at radius 3 is 2.74 bits per heavy atom. The molecule has 0 radical (unpaired) electrons. The molecule has 2 saturated heterocycles. The lowest BCUT2D eigenvalue weighted by molar-refractivity contribution is -0.137. The van der Waals surface area contributed by atoms with E-state index in [9.17, 15) is 17.6 Å². The number of anilines is 3. The summed E-state index contributed by atoms with van der Waals surface area (Å²) in [4.78, 5) is 25.2. The number of hydrogen-bond donors (Lipinski definition) is 2. The van der Waals surface area contributed by atoms with Gasteiger partial charge < -0.3 is 25.8 Å². The Hall–Kier alpha value is -4.60. The van der Waals surface area contributed by atoms with Crippen LogP contribution in [0, 0.1) is 12.7 Å². The minimum atomic E-state index is -4.90. The number of fused-ring (bicyclic) bond motifs is 1. The highest BCUT2D eigenvalue weighted by Gasteiger charge is 2.49. The number of aromatic nitrogens is 5. The van der Waals surface area contributed by atoms with Crippen LogP contribution < -0.4 is 25.8 Å². The fraction of sp³-hybridized carbons (Fsp3) is 0.452. The van der Waals surface area contributed by atoms with Crippen LogP contribution in [0.2, 0.25) is 0 Å². The number of nitrogen functional groups attached to an aromatic ring is 2. The lowest BCUT2D eigenvalue weighted by Gasteiger charge is -2.32. The van der Waals surface area contributed by atoms with Gasteiger partial charge in [-0.2, -0.15) is 23.1 Å². The third-order valence-corrected chi connectivity index (χ3v) is 9.33. The van der Waals surface area contributed by atoms with Crippen LogP contribution in [0.3, 0.4) is 0 Å². The number of nitrogens with zero attached hydrogens (tertiary/aromatic N) is 7. The van der Waals surface area contributed by atoms with Crippen molar-refractivity contribution in [2.24, 2.45) is 0 Å². The van der Waals surface area contributed by atoms with Crippen LogP contribution in [0.5, 0.6) is 11.9 Å². The molecule has 3 atom stereocenters. The topological polar surface area (TPSA) is 141 Å². The number of nitrogens with two attached hydrogens (primary N) is 2. The molecule has 248 valence electrons. The normalized spacial score (nSPS) is 21.9. The van der Waals surface area contributed by atoms with E-state index in [2.05, 4.69) is 24.8 Å². The largest absolute Gasteiger partial charge is 0.475 e. The number of ether oxygens (including phenoxy) is 2. The predicted molar refractivity (Wildman–Crippen MR) is 163 cm³/mol. The summed E-state index contributed by atoms with van der Waals surface area (Å²) in [7, 11) is 0.